The van der Waals surface area contributed by atoms with Crippen molar-refractivity contribution in [2.45, 2.75) is 33.7 Å². The molecule has 0 unspecified atom stereocenters. The van der Waals surface area contributed by atoms with Gasteiger partial charge in [-0.25, -0.2) is 0 Å². The lowest BCUT2D eigenvalue weighted by molar-refractivity contribution is -0.116. The van der Waals surface area contributed by atoms with E-state index in [-0.39, 0.29) is 12.5 Å². The van der Waals surface area contributed by atoms with Crippen molar-refractivity contribution in [1.82, 2.24) is 4.57 Å². The van der Waals surface area contributed by atoms with E-state index in [0.717, 1.165) is 34.1 Å². The summed E-state index contributed by atoms with van der Waals surface area (Å²) in [5, 5.41) is 13.2. The Morgan fingerprint density at radius 2 is 2.00 bits per heavy atom. The molecule has 3 rings (SSSR count). The number of amides is 1. The number of nitriles is 1. The van der Waals surface area contributed by atoms with Gasteiger partial charge < -0.3 is 9.88 Å². The number of hydrogen-bond donors (Lipinski definition) is 1. The highest BCUT2D eigenvalue weighted by Gasteiger charge is 2.14. The minimum absolute atomic E-state index is 0.101. The van der Waals surface area contributed by atoms with Gasteiger partial charge in [0, 0.05) is 17.3 Å². The van der Waals surface area contributed by atoms with Crippen molar-refractivity contribution >= 4 is 22.5 Å². The molecule has 0 atom stereocenters. The maximum absolute atomic E-state index is 12.5. The minimum atomic E-state index is -0.101. The van der Waals surface area contributed by atoms with Gasteiger partial charge in [0.1, 0.15) is 12.6 Å². The number of aromatic nitrogens is 1. The number of anilines is 1. The van der Waals surface area contributed by atoms with Crippen molar-refractivity contribution in [1.29, 1.82) is 5.26 Å². The van der Waals surface area contributed by atoms with Crippen LogP contribution in [0.5, 0.6) is 0 Å². The van der Waals surface area contributed by atoms with E-state index in [1.807, 2.05) is 54.8 Å². The van der Waals surface area contributed by atoms with E-state index < -0.39 is 0 Å². The molecule has 1 heterocycles. The Labute approximate surface area is 147 Å². The monoisotopic (exact) mass is 331 g/mol. The first-order valence-electron chi connectivity index (χ1n) is 8.41. The van der Waals surface area contributed by atoms with Gasteiger partial charge in [-0.2, -0.15) is 5.26 Å². The average Bonchev–Trinajstić information content (AvgIpc) is 2.96. The molecule has 1 N–H and O–H groups in total. The van der Waals surface area contributed by atoms with Gasteiger partial charge in [0.25, 0.3) is 0 Å². The van der Waals surface area contributed by atoms with Crippen molar-refractivity contribution in [3.05, 3.63) is 64.8 Å². The molecule has 0 spiro atoms. The summed E-state index contributed by atoms with van der Waals surface area (Å²) in [5.74, 6) is -0.101. The highest BCUT2D eigenvalue weighted by atomic mass is 16.1. The van der Waals surface area contributed by atoms with Crippen LogP contribution in [0.4, 0.5) is 5.69 Å². The van der Waals surface area contributed by atoms with Gasteiger partial charge in [-0.1, -0.05) is 31.2 Å². The third kappa shape index (κ3) is 3.27. The molecule has 3 aromatic rings. The summed E-state index contributed by atoms with van der Waals surface area (Å²) < 4.78 is 1.88. The third-order valence-corrected chi connectivity index (χ3v) is 4.59. The zero-order chi connectivity index (χ0) is 18.0. The van der Waals surface area contributed by atoms with Crippen LogP contribution in [-0.2, 0) is 17.8 Å². The van der Waals surface area contributed by atoms with Crippen LogP contribution in [-0.4, -0.2) is 10.5 Å². The average molecular weight is 331 g/mol. The number of nitrogens with one attached hydrogen (secondary N) is 1. The standard InChI is InChI=1S/C21H21N3O/c1-4-16-6-5-7-19-17(11-22)12-24(21(16)19)13-20(25)23-18-9-8-14(2)15(3)10-18/h5-10,12H,4,13H2,1-3H3,(H,23,25). The number of benzene rings is 2. The molecule has 1 amide bonds. The second kappa shape index (κ2) is 6.82. The second-order valence-corrected chi connectivity index (χ2v) is 6.30. The highest BCUT2D eigenvalue weighted by Crippen LogP contribution is 2.25. The van der Waals surface area contributed by atoms with Crippen LogP contribution in [0.1, 0.15) is 29.2 Å². The normalized spacial score (nSPS) is 10.6. The van der Waals surface area contributed by atoms with Crippen LogP contribution < -0.4 is 5.32 Å². The Kier molecular flexibility index (Phi) is 4.58. The molecule has 126 valence electrons. The lowest BCUT2D eigenvalue weighted by atomic mass is 10.1. The minimum Gasteiger partial charge on any atom is -0.336 e. The van der Waals surface area contributed by atoms with Crippen molar-refractivity contribution in [2.75, 3.05) is 5.32 Å². The summed E-state index contributed by atoms with van der Waals surface area (Å²) in [4.78, 5) is 12.5. The largest absolute Gasteiger partial charge is 0.336 e. The molecule has 0 radical (unpaired) electrons. The molecular formula is C21H21N3O. The number of carbonyl (C=O) groups is 1. The topological polar surface area (TPSA) is 57.8 Å². The van der Waals surface area contributed by atoms with Crippen molar-refractivity contribution in [3.8, 4) is 6.07 Å². The first-order chi connectivity index (χ1) is 12.0. The Bertz CT molecular complexity index is 992. The number of nitrogens with zero attached hydrogens (tertiary/aromatic N) is 2. The summed E-state index contributed by atoms with van der Waals surface area (Å²) >= 11 is 0. The van der Waals surface area contributed by atoms with Crippen molar-refractivity contribution in [2.24, 2.45) is 0 Å². The summed E-state index contributed by atoms with van der Waals surface area (Å²) in [7, 11) is 0. The summed E-state index contributed by atoms with van der Waals surface area (Å²) in [6, 6.07) is 14.0. The molecular weight excluding hydrogens is 310 g/mol. The third-order valence-electron chi connectivity index (χ3n) is 4.59. The molecule has 0 saturated heterocycles. The van der Waals surface area contributed by atoms with E-state index in [2.05, 4.69) is 18.3 Å². The van der Waals surface area contributed by atoms with Crippen LogP contribution in [0.25, 0.3) is 10.9 Å². The van der Waals surface area contributed by atoms with E-state index in [1.54, 1.807) is 6.20 Å². The van der Waals surface area contributed by atoms with Gasteiger partial charge in [0.15, 0.2) is 0 Å². The van der Waals surface area contributed by atoms with E-state index in [9.17, 15) is 10.1 Å². The maximum Gasteiger partial charge on any atom is 0.244 e. The van der Waals surface area contributed by atoms with Crippen LogP contribution >= 0.6 is 0 Å². The number of para-hydroxylation sites is 1. The smallest absolute Gasteiger partial charge is 0.244 e. The van der Waals surface area contributed by atoms with Gasteiger partial charge in [0.05, 0.1) is 11.1 Å². The summed E-state index contributed by atoms with van der Waals surface area (Å²) in [6.45, 7) is 6.33. The van der Waals surface area contributed by atoms with Crippen LogP contribution in [0.3, 0.4) is 0 Å². The SMILES string of the molecule is CCc1cccc2c(C#N)cn(CC(=O)Nc3ccc(C)c(C)c3)c12. The molecule has 2 aromatic carbocycles. The summed E-state index contributed by atoms with van der Waals surface area (Å²) in [5.41, 5.74) is 5.84. The number of carbonyl (C=O) groups excluding carboxylic acids is 1. The molecule has 0 aliphatic rings. The van der Waals surface area contributed by atoms with Crippen molar-refractivity contribution < 1.29 is 4.79 Å². The van der Waals surface area contributed by atoms with Crippen LogP contribution in [0.2, 0.25) is 0 Å². The Balaban J connectivity index is 1.91. The first kappa shape index (κ1) is 16.8. The molecule has 25 heavy (non-hydrogen) atoms. The van der Waals surface area contributed by atoms with Gasteiger partial charge in [-0.3, -0.25) is 4.79 Å². The van der Waals surface area contributed by atoms with E-state index >= 15 is 0 Å². The van der Waals surface area contributed by atoms with E-state index in [4.69, 9.17) is 0 Å². The fourth-order valence-electron chi connectivity index (χ4n) is 3.11. The van der Waals surface area contributed by atoms with Gasteiger partial charge in [0.2, 0.25) is 5.91 Å². The quantitative estimate of drug-likeness (QED) is 0.773. The Hall–Kier alpha value is -3.06. The van der Waals surface area contributed by atoms with Gasteiger partial charge in [-0.05, 0) is 49.1 Å². The number of hydrogen-bond acceptors (Lipinski definition) is 2. The molecule has 0 aliphatic carbocycles. The highest BCUT2D eigenvalue weighted by molar-refractivity contribution is 5.94. The van der Waals surface area contributed by atoms with Crippen LogP contribution in [0.15, 0.2) is 42.6 Å². The zero-order valence-electron chi connectivity index (χ0n) is 14.8. The van der Waals surface area contributed by atoms with Gasteiger partial charge >= 0.3 is 0 Å². The predicted octanol–water partition coefficient (Wildman–Crippen LogP) is 4.33. The van der Waals surface area contributed by atoms with Crippen LogP contribution in [0, 0.1) is 25.2 Å². The summed E-state index contributed by atoms with van der Waals surface area (Å²) in [6.07, 6.45) is 2.62. The molecule has 0 saturated carbocycles. The predicted molar refractivity (Wildman–Crippen MR) is 101 cm³/mol. The molecule has 4 heteroatoms. The number of fused-ring (bicyclic) bond motifs is 1. The van der Waals surface area contributed by atoms with E-state index in [1.165, 1.54) is 5.56 Å². The van der Waals surface area contributed by atoms with E-state index in [0.29, 0.717) is 5.56 Å². The fourth-order valence-corrected chi connectivity index (χ4v) is 3.11. The van der Waals surface area contributed by atoms with Gasteiger partial charge in [-0.15, -0.1) is 0 Å². The molecule has 0 fully saturated rings. The second-order valence-electron chi connectivity index (χ2n) is 6.30. The lowest BCUT2D eigenvalue weighted by Gasteiger charge is -2.10. The lowest BCUT2D eigenvalue weighted by Crippen LogP contribution is -2.18. The molecule has 0 bridgehead atoms. The maximum atomic E-state index is 12.5. The van der Waals surface area contributed by atoms with Crippen molar-refractivity contribution in [3.63, 3.8) is 0 Å². The zero-order valence-corrected chi connectivity index (χ0v) is 14.8. The first-order valence-corrected chi connectivity index (χ1v) is 8.41. The number of aryl methyl sites for hydroxylation is 3. The molecule has 0 aliphatic heterocycles. The fraction of sp³-hybridized carbons (Fsp3) is 0.238. The molecule has 4 nitrogen and oxygen atoms in total. The Morgan fingerprint density at radius 3 is 2.68 bits per heavy atom. The molecule has 1 aromatic heterocycles. The Morgan fingerprint density at radius 1 is 1.20 bits per heavy atom. The number of rotatable bonds is 4.